The number of H-pyrrole nitrogens is 1. The summed E-state index contributed by atoms with van der Waals surface area (Å²) in [7, 11) is 1.63. The van der Waals surface area contributed by atoms with E-state index >= 15 is 0 Å². The van der Waals surface area contributed by atoms with Crippen molar-refractivity contribution in [2.24, 2.45) is 5.92 Å². The van der Waals surface area contributed by atoms with Crippen LogP contribution in [0.15, 0.2) is 54.6 Å². The number of hydrogen-bond donors (Lipinski definition) is 2. The van der Waals surface area contributed by atoms with Crippen LogP contribution in [0.1, 0.15) is 35.3 Å². The molecular weight excluding hydrogens is 378 g/mol. The second kappa shape index (κ2) is 9.03. The van der Waals surface area contributed by atoms with Crippen LogP contribution >= 0.6 is 0 Å². The van der Waals surface area contributed by atoms with Crippen molar-refractivity contribution in [3.63, 3.8) is 0 Å². The standard InChI is InChI=1S/C24H27N3O3/c1-30-22-9-5-3-7-19(22)16-25-23(28)14-17-10-12-27(13-11-17)24(29)21-15-18-6-2-4-8-20(18)26-21/h2-9,15,17,26H,10-14,16H2,1H3,(H,25,28). The molecule has 1 fully saturated rings. The van der Waals surface area contributed by atoms with Gasteiger partial charge in [-0.25, -0.2) is 0 Å². The molecule has 0 unspecified atom stereocenters. The maximum absolute atomic E-state index is 12.8. The Balaban J connectivity index is 1.26. The van der Waals surface area contributed by atoms with Gasteiger partial charge in [0.15, 0.2) is 0 Å². The van der Waals surface area contributed by atoms with Crippen LogP contribution in [-0.4, -0.2) is 41.9 Å². The maximum Gasteiger partial charge on any atom is 0.270 e. The van der Waals surface area contributed by atoms with Crippen LogP contribution < -0.4 is 10.1 Å². The van der Waals surface area contributed by atoms with E-state index in [9.17, 15) is 9.59 Å². The van der Waals surface area contributed by atoms with E-state index in [0.717, 1.165) is 35.1 Å². The number of nitrogens with zero attached hydrogens (tertiary/aromatic N) is 1. The molecule has 2 amide bonds. The highest BCUT2D eigenvalue weighted by atomic mass is 16.5. The van der Waals surface area contributed by atoms with Gasteiger partial charge < -0.3 is 19.9 Å². The third kappa shape index (κ3) is 4.48. The van der Waals surface area contributed by atoms with Gasteiger partial charge >= 0.3 is 0 Å². The van der Waals surface area contributed by atoms with E-state index in [1.165, 1.54) is 0 Å². The number of aromatic nitrogens is 1. The molecule has 2 N–H and O–H groups in total. The smallest absolute Gasteiger partial charge is 0.270 e. The predicted octanol–water partition coefficient (Wildman–Crippen LogP) is 3.74. The van der Waals surface area contributed by atoms with Crippen LogP contribution in [-0.2, 0) is 11.3 Å². The molecule has 1 aromatic heterocycles. The summed E-state index contributed by atoms with van der Waals surface area (Å²) in [4.78, 5) is 30.3. The number of fused-ring (bicyclic) bond motifs is 1. The van der Waals surface area contributed by atoms with Crippen LogP contribution in [0.4, 0.5) is 0 Å². The van der Waals surface area contributed by atoms with Gasteiger partial charge in [-0.15, -0.1) is 0 Å². The van der Waals surface area contributed by atoms with Crippen molar-refractivity contribution in [2.75, 3.05) is 20.2 Å². The Labute approximate surface area is 176 Å². The van der Waals surface area contributed by atoms with E-state index in [4.69, 9.17) is 4.74 Å². The Morgan fingerprint density at radius 1 is 1.10 bits per heavy atom. The fourth-order valence-corrected chi connectivity index (χ4v) is 4.08. The average Bonchev–Trinajstić information content (AvgIpc) is 3.22. The van der Waals surface area contributed by atoms with Crippen LogP contribution in [0.25, 0.3) is 10.9 Å². The predicted molar refractivity (Wildman–Crippen MR) is 116 cm³/mol. The molecule has 0 bridgehead atoms. The van der Waals surface area contributed by atoms with Crippen LogP contribution in [0, 0.1) is 5.92 Å². The van der Waals surface area contributed by atoms with Crippen molar-refractivity contribution >= 4 is 22.7 Å². The number of aromatic amines is 1. The van der Waals surface area contributed by atoms with E-state index < -0.39 is 0 Å². The SMILES string of the molecule is COc1ccccc1CNC(=O)CC1CCN(C(=O)c2cc3ccccc3[nH]2)CC1. The van der Waals surface area contributed by atoms with E-state index in [1.54, 1.807) is 7.11 Å². The average molecular weight is 405 g/mol. The molecule has 1 aliphatic heterocycles. The summed E-state index contributed by atoms with van der Waals surface area (Å²) in [5, 5.41) is 4.04. The topological polar surface area (TPSA) is 74.4 Å². The van der Waals surface area contributed by atoms with Gasteiger partial charge in [-0.05, 0) is 37.0 Å². The number of amides is 2. The highest BCUT2D eigenvalue weighted by Crippen LogP contribution is 2.23. The Bertz CT molecular complexity index is 1000. The molecule has 6 nitrogen and oxygen atoms in total. The zero-order chi connectivity index (χ0) is 20.9. The van der Waals surface area contributed by atoms with E-state index in [1.807, 2.05) is 59.5 Å². The number of nitrogens with one attached hydrogen (secondary N) is 2. The van der Waals surface area contributed by atoms with Gasteiger partial charge in [0, 0.05) is 42.5 Å². The highest BCUT2D eigenvalue weighted by molar-refractivity contribution is 5.98. The lowest BCUT2D eigenvalue weighted by molar-refractivity contribution is -0.122. The lowest BCUT2D eigenvalue weighted by Crippen LogP contribution is -2.39. The number of ether oxygens (including phenoxy) is 1. The molecule has 1 saturated heterocycles. The molecule has 0 saturated carbocycles. The Morgan fingerprint density at radius 3 is 2.60 bits per heavy atom. The molecule has 3 aromatic rings. The normalized spacial score (nSPS) is 14.6. The third-order valence-electron chi connectivity index (χ3n) is 5.80. The van der Waals surface area contributed by atoms with Gasteiger partial charge in [0.25, 0.3) is 5.91 Å². The quantitative estimate of drug-likeness (QED) is 0.656. The summed E-state index contributed by atoms with van der Waals surface area (Å²) in [5.41, 5.74) is 2.57. The highest BCUT2D eigenvalue weighted by Gasteiger charge is 2.26. The minimum absolute atomic E-state index is 0.0327. The first-order valence-corrected chi connectivity index (χ1v) is 10.4. The van der Waals surface area contributed by atoms with Crippen molar-refractivity contribution in [3.05, 3.63) is 65.9 Å². The molecule has 156 valence electrons. The summed E-state index contributed by atoms with van der Waals surface area (Å²) >= 11 is 0. The molecule has 2 heterocycles. The summed E-state index contributed by atoms with van der Waals surface area (Å²) < 4.78 is 5.33. The van der Waals surface area contributed by atoms with E-state index in [-0.39, 0.29) is 11.8 Å². The summed E-state index contributed by atoms with van der Waals surface area (Å²) in [6.07, 6.45) is 2.17. The van der Waals surface area contributed by atoms with Gasteiger partial charge in [-0.2, -0.15) is 0 Å². The fourth-order valence-electron chi connectivity index (χ4n) is 4.08. The number of likely N-dealkylation sites (tertiary alicyclic amines) is 1. The maximum atomic E-state index is 12.8. The van der Waals surface area contributed by atoms with Gasteiger partial charge in [-0.3, -0.25) is 9.59 Å². The number of piperidine rings is 1. The number of methoxy groups -OCH3 is 1. The summed E-state index contributed by atoms with van der Waals surface area (Å²) in [6.45, 7) is 1.82. The molecule has 4 rings (SSSR count). The van der Waals surface area contributed by atoms with Crippen molar-refractivity contribution in [3.8, 4) is 5.75 Å². The number of rotatable bonds is 6. The first-order chi connectivity index (χ1) is 14.6. The Morgan fingerprint density at radius 2 is 1.83 bits per heavy atom. The van der Waals surface area contributed by atoms with Crippen LogP contribution in [0.5, 0.6) is 5.75 Å². The first-order valence-electron chi connectivity index (χ1n) is 10.4. The van der Waals surface area contributed by atoms with Crippen LogP contribution in [0.3, 0.4) is 0 Å². The zero-order valence-electron chi connectivity index (χ0n) is 17.2. The number of benzene rings is 2. The van der Waals surface area contributed by atoms with Crippen molar-refractivity contribution < 1.29 is 14.3 Å². The van der Waals surface area contributed by atoms with Crippen molar-refractivity contribution in [2.45, 2.75) is 25.8 Å². The molecule has 30 heavy (non-hydrogen) atoms. The second-order valence-electron chi connectivity index (χ2n) is 7.80. The molecule has 2 aromatic carbocycles. The molecule has 0 spiro atoms. The molecule has 6 heteroatoms. The molecule has 1 aliphatic rings. The van der Waals surface area contributed by atoms with Gasteiger partial charge in [0.05, 0.1) is 7.11 Å². The summed E-state index contributed by atoms with van der Waals surface area (Å²) in [6, 6.07) is 17.5. The molecule has 0 atom stereocenters. The monoisotopic (exact) mass is 405 g/mol. The zero-order valence-corrected chi connectivity index (χ0v) is 17.2. The number of carbonyl (C=O) groups excluding carboxylic acids is 2. The van der Waals surface area contributed by atoms with Gasteiger partial charge in [-0.1, -0.05) is 36.4 Å². The fraction of sp³-hybridized carbons (Fsp3) is 0.333. The van der Waals surface area contributed by atoms with E-state index in [2.05, 4.69) is 10.3 Å². The van der Waals surface area contributed by atoms with Crippen molar-refractivity contribution in [1.29, 1.82) is 0 Å². The number of carbonyl (C=O) groups is 2. The lowest BCUT2D eigenvalue weighted by Gasteiger charge is -2.31. The molecular formula is C24H27N3O3. The van der Waals surface area contributed by atoms with Crippen LogP contribution in [0.2, 0.25) is 0 Å². The Hall–Kier alpha value is -3.28. The lowest BCUT2D eigenvalue weighted by atomic mass is 9.93. The Kier molecular flexibility index (Phi) is 6.02. The molecule has 0 radical (unpaired) electrons. The number of hydrogen-bond acceptors (Lipinski definition) is 3. The summed E-state index contributed by atoms with van der Waals surface area (Å²) in [5.74, 6) is 1.16. The van der Waals surface area contributed by atoms with Crippen molar-refractivity contribution in [1.82, 2.24) is 15.2 Å². The largest absolute Gasteiger partial charge is 0.496 e. The van der Waals surface area contributed by atoms with Gasteiger partial charge in [0.2, 0.25) is 5.91 Å². The number of para-hydroxylation sites is 2. The minimum Gasteiger partial charge on any atom is -0.496 e. The first kappa shape index (κ1) is 20.0. The van der Waals surface area contributed by atoms with E-state index in [0.29, 0.717) is 37.7 Å². The van der Waals surface area contributed by atoms with Gasteiger partial charge in [0.1, 0.15) is 11.4 Å². The molecule has 0 aliphatic carbocycles. The second-order valence-corrected chi connectivity index (χ2v) is 7.80. The minimum atomic E-state index is 0.0327. The third-order valence-corrected chi connectivity index (χ3v) is 5.80.